The van der Waals surface area contributed by atoms with Gasteiger partial charge in [-0.25, -0.2) is 0 Å². The molecule has 3 nitrogen and oxygen atoms in total. The first-order chi connectivity index (χ1) is 12.2. The maximum Gasteiger partial charge on any atom is 0.0608 e. The quantitative estimate of drug-likeness (QED) is 0.351. The second kappa shape index (κ2) is 10.7. The average Bonchev–Trinajstić information content (AvgIpc) is 2.62. The molecule has 136 valence electrons. The fourth-order valence-electron chi connectivity index (χ4n) is 2.96. The maximum atomic E-state index is 8.88. The van der Waals surface area contributed by atoms with Gasteiger partial charge in [-0.1, -0.05) is 48.7 Å². The average molecular weight is 379 g/mol. The number of para-hydroxylation sites is 1. The van der Waals surface area contributed by atoms with Crippen molar-refractivity contribution in [2.75, 3.05) is 25.5 Å². The van der Waals surface area contributed by atoms with Gasteiger partial charge in [0.2, 0.25) is 0 Å². The zero-order valence-electron chi connectivity index (χ0n) is 14.6. The van der Waals surface area contributed by atoms with Gasteiger partial charge in [-0.3, -0.25) is 0 Å². The third kappa shape index (κ3) is 5.93. The van der Waals surface area contributed by atoms with Gasteiger partial charge in [0.15, 0.2) is 0 Å². The van der Waals surface area contributed by atoms with Gasteiger partial charge in [0.25, 0.3) is 0 Å². The molecule has 0 saturated heterocycles. The lowest BCUT2D eigenvalue weighted by Gasteiger charge is -2.24. The summed E-state index contributed by atoms with van der Waals surface area (Å²) in [6.45, 7) is 1.18. The number of halogens is 1. The third-order valence-electron chi connectivity index (χ3n) is 4.28. The number of benzene rings is 2. The van der Waals surface area contributed by atoms with E-state index < -0.39 is 0 Å². The van der Waals surface area contributed by atoms with Crippen molar-refractivity contribution in [2.24, 2.45) is 0 Å². The van der Waals surface area contributed by atoms with Crippen LogP contribution < -0.4 is 10.6 Å². The number of thiol groups is 1. The van der Waals surface area contributed by atoms with Gasteiger partial charge in [0, 0.05) is 29.3 Å². The van der Waals surface area contributed by atoms with Crippen LogP contribution in [0.15, 0.2) is 47.4 Å². The lowest BCUT2D eigenvalue weighted by atomic mass is 9.96. The number of hydrogen-bond acceptors (Lipinski definition) is 4. The molecule has 0 heterocycles. The fraction of sp³-hybridized carbons (Fsp3) is 0.400. The SMILES string of the molecule is CNc1ccccc1C(NCCCCCCO)c1ccc(Cl)cc1S. The summed E-state index contributed by atoms with van der Waals surface area (Å²) in [7, 11) is 1.94. The molecule has 2 aromatic rings. The van der Waals surface area contributed by atoms with E-state index in [9.17, 15) is 0 Å². The number of hydrogen-bond donors (Lipinski definition) is 4. The van der Waals surface area contributed by atoms with E-state index in [2.05, 4.69) is 41.5 Å². The molecule has 0 bridgehead atoms. The summed E-state index contributed by atoms with van der Waals surface area (Å²) < 4.78 is 0. The Hall–Kier alpha value is -1.20. The molecule has 5 heteroatoms. The summed E-state index contributed by atoms with van der Waals surface area (Å²) in [6, 6.07) is 14.2. The summed E-state index contributed by atoms with van der Waals surface area (Å²) in [5, 5.41) is 16.5. The molecule has 0 aliphatic carbocycles. The molecule has 0 aliphatic rings. The molecule has 1 atom stereocenters. The van der Waals surface area contributed by atoms with Gasteiger partial charge >= 0.3 is 0 Å². The van der Waals surface area contributed by atoms with Gasteiger partial charge in [-0.15, -0.1) is 12.6 Å². The van der Waals surface area contributed by atoms with Crippen LogP contribution in [0.25, 0.3) is 0 Å². The van der Waals surface area contributed by atoms with Gasteiger partial charge in [0.1, 0.15) is 0 Å². The highest BCUT2D eigenvalue weighted by atomic mass is 35.5. The molecular formula is C20H27ClN2OS. The second-order valence-corrected chi connectivity index (χ2v) is 6.98. The highest BCUT2D eigenvalue weighted by Crippen LogP contribution is 2.33. The van der Waals surface area contributed by atoms with Crippen molar-refractivity contribution in [1.82, 2.24) is 5.32 Å². The molecule has 2 aromatic carbocycles. The predicted molar refractivity (Wildman–Crippen MR) is 110 cm³/mol. The van der Waals surface area contributed by atoms with Crippen molar-refractivity contribution < 1.29 is 5.11 Å². The molecule has 1 unspecified atom stereocenters. The first-order valence-corrected chi connectivity index (χ1v) is 9.59. The van der Waals surface area contributed by atoms with Crippen molar-refractivity contribution in [3.63, 3.8) is 0 Å². The van der Waals surface area contributed by atoms with Crippen LogP contribution in [0.1, 0.15) is 42.9 Å². The number of nitrogens with one attached hydrogen (secondary N) is 2. The first-order valence-electron chi connectivity index (χ1n) is 8.76. The van der Waals surface area contributed by atoms with E-state index in [4.69, 9.17) is 16.7 Å². The maximum absolute atomic E-state index is 8.88. The summed E-state index contributed by atoms with van der Waals surface area (Å²) in [5.41, 5.74) is 3.41. The van der Waals surface area contributed by atoms with Crippen molar-refractivity contribution in [1.29, 1.82) is 0 Å². The first kappa shape index (κ1) is 20.1. The summed E-state index contributed by atoms with van der Waals surface area (Å²) in [4.78, 5) is 0.885. The number of rotatable bonds is 10. The molecule has 0 aliphatic heterocycles. The molecule has 0 amide bonds. The monoisotopic (exact) mass is 378 g/mol. The van der Waals surface area contributed by atoms with Gasteiger partial charge in [-0.2, -0.15) is 0 Å². The molecular weight excluding hydrogens is 352 g/mol. The Kier molecular flexibility index (Phi) is 8.62. The van der Waals surface area contributed by atoms with Crippen LogP contribution in [-0.2, 0) is 0 Å². The molecule has 3 N–H and O–H groups in total. The Morgan fingerprint density at radius 1 is 1.04 bits per heavy atom. The van der Waals surface area contributed by atoms with Gasteiger partial charge in [-0.05, 0) is 48.7 Å². The van der Waals surface area contributed by atoms with Crippen LogP contribution in [0.5, 0.6) is 0 Å². The number of aliphatic hydroxyl groups excluding tert-OH is 1. The second-order valence-electron chi connectivity index (χ2n) is 6.07. The Bertz CT molecular complexity index is 666. The highest BCUT2D eigenvalue weighted by Gasteiger charge is 2.18. The molecule has 0 spiro atoms. The zero-order valence-corrected chi connectivity index (χ0v) is 16.3. The Morgan fingerprint density at radius 2 is 1.80 bits per heavy atom. The van der Waals surface area contributed by atoms with Crippen LogP contribution in [-0.4, -0.2) is 25.3 Å². The van der Waals surface area contributed by atoms with Crippen LogP contribution >= 0.6 is 24.2 Å². The van der Waals surface area contributed by atoms with Crippen molar-refractivity contribution in [2.45, 2.75) is 36.6 Å². The largest absolute Gasteiger partial charge is 0.396 e. The van der Waals surface area contributed by atoms with E-state index in [1.54, 1.807) is 0 Å². The van der Waals surface area contributed by atoms with E-state index in [1.807, 2.05) is 31.3 Å². The summed E-state index contributed by atoms with van der Waals surface area (Å²) >= 11 is 10.7. The zero-order chi connectivity index (χ0) is 18.1. The van der Waals surface area contributed by atoms with E-state index in [0.717, 1.165) is 48.4 Å². The molecule has 25 heavy (non-hydrogen) atoms. The number of aliphatic hydroxyl groups is 1. The Labute approximate surface area is 161 Å². The third-order valence-corrected chi connectivity index (χ3v) is 4.90. The molecule has 0 aromatic heterocycles. The number of anilines is 1. The summed E-state index contributed by atoms with van der Waals surface area (Å²) in [5.74, 6) is 0. The van der Waals surface area contributed by atoms with Gasteiger partial charge in [0.05, 0.1) is 6.04 Å². The van der Waals surface area contributed by atoms with Crippen molar-refractivity contribution in [3.05, 3.63) is 58.6 Å². The molecule has 0 saturated carbocycles. The molecule has 0 radical (unpaired) electrons. The minimum Gasteiger partial charge on any atom is -0.396 e. The topological polar surface area (TPSA) is 44.3 Å². The normalized spacial score (nSPS) is 12.2. The smallest absolute Gasteiger partial charge is 0.0608 e. The Balaban J connectivity index is 2.19. The highest BCUT2D eigenvalue weighted by molar-refractivity contribution is 7.80. The van der Waals surface area contributed by atoms with Crippen LogP contribution in [0.3, 0.4) is 0 Å². The van der Waals surface area contributed by atoms with Crippen LogP contribution in [0.4, 0.5) is 5.69 Å². The van der Waals surface area contributed by atoms with Gasteiger partial charge < -0.3 is 15.7 Å². The van der Waals surface area contributed by atoms with Crippen LogP contribution in [0.2, 0.25) is 5.02 Å². The lowest BCUT2D eigenvalue weighted by Crippen LogP contribution is -2.24. The van der Waals surface area contributed by atoms with E-state index in [1.165, 1.54) is 5.56 Å². The molecule has 2 rings (SSSR count). The standard InChI is InChI=1S/C20H27ClN2OS/c1-22-18-9-5-4-8-16(18)20(23-12-6-2-3-7-13-24)17-11-10-15(21)14-19(17)25/h4-5,8-11,14,20,22-25H,2-3,6-7,12-13H2,1H3. The minimum absolute atomic E-state index is 0.0475. The predicted octanol–water partition coefficient (Wildman–Crippen LogP) is 4.90. The summed E-state index contributed by atoms with van der Waals surface area (Å²) in [6.07, 6.45) is 4.13. The fourth-order valence-corrected chi connectivity index (χ4v) is 3.55. The Morgan fingerprint density at radius 3 is 2.52 bits per heavy atom. The van der Waals surface area contributed by atoms with Crippen molar-refractivity contribution in [3.8, 4) is 0 Å². The van der Waals surface area contributed by atoms with E-state index in [0.29, 0.717) is 5.02 Å². The lowest BCUT2D eigenvalue weighted by molar-refractivity contribution is 0.282. The van der Waals surface area contributed by atoms with E-state index in [-0.39, 0.29) is 12.6 Å². The van der Waals surface area contributed by atoms with E-state index >= 15 is 0 Å². The molecule has 0 fully saturated rings. The van der Waals surface area contributed by atoms with Crippen LogP contribution in [0, 0.1) is 0 Å². The van der Waals surface area contributed by atoms with Crippen molar-refractivity contribution >= 4 is 29.9 Å². The minimum atomic E-state index is 0.0475. The number of unbranched alkanes of at least 4 members (excludes halogenated alkanes) is 3.